The number of rotatable bonds is 3. The fraction of sp³-hybridized carbons (Fsp3) is 0.200. The maximum absolute atomic E-state index is 12.0. The van der Waals surface area contributed by atoms with Crippen LogP contribution in [-0.4, -0.2) is 31.6 Å². The molecule has 0 spiro atoms. The van der Waals surface area contributed by atoms with Crippen LogP contribution in [0.1, 0.15) is 16.8 Å². The lowest BCUT2D eigenvalue weighted by atomic mass is 10.2. The molecule has 1 N–H and O–H groups in total. The van der Waals surface area contributed by atoms with Gasteiger partial charge in [0.1, 0.15) is 0 Å². The number of hydrogen-bond acceptors (Lipinski definition) is 4. The van der Waals surface area contributed by atoms with Crippen molar-refractivity contribution >= 4 is 27.3 Å². The maximum atomic E-state index is 12.0. The van der Waals surface area contributed by atoms with Crippen molar-refractivity contribution in [3.8, 4) is 0 Å². The monoisotopic (exact) mass is 317 g/mol. The van der Waals surface area contributed by atoms with Gasteiger partial charge in [-0.2, -0.15) is 0 Å². The summed E-state index contributed by atoms with van der Waals surface area (Å²) in [5, 5.41) is 2.76. The Labute approximate surface area is 128 Å². The number of amides is 1. The minimum atomic E-state index is -3.18. The van der Waals surface area contributed by atoms with Crippen LogP contribution in [0.3, 0.4) is 0 Å². The molecule has 0 atom stereocenters. The number of carbonyl (C=O) groups is 1. The molecular formula is C15H15N3O3S. The average molecular weight is 317 g/mol. The molecule has 7 heteroatoms. The second kappa shape index (κ2) is 5.76. The van der Waals surface area contributed by atoms with E-state index in [1.54, 1.807) is 48.8 Å². The minimum absolute atomic E-state index is 0.188. The summed E-state index contributed by atoms with van der Waals surface area (Å²) < 4.78 is 25.1. The molecule has 1 amide bonds. The number of pyridine rings is 1. The minimum Gasteiger partial charge on any atom is -0.322 e. The third kappa shape index (κ3) is 2.94. The van der Waals surface area contributed by atoms with Crippen molar-refractivity contribution in [1.29, 1.82) is 0 Å². The number of benzene rings is 1. The molecule has 0 unspecified atom stereocenters. The first-order valence-electron chi connectivity index (χ1n) is 6.88. The molecule has 0 aliphatic carbocycles. The number of carbonyl (C=O) groups excluding carboxylic acids is 1. The van der Waals surface area contributed by atoms with Crippen molar-refractivity contribution in [2.24, 2.45) is 0 Å². The highest BCUT2D eigenvalue weighted by atomic mass is 32.2. The van der Waals surface area contributed by atoms with Gasteiger partial charge in [0.2, 0.25) is 10.0 Å². The van der Waals surface area contributed by atoms with Crippen molar-refractivity contribution < 1.29 is 13.2 Å². The van der Waals surface area contributed by atoms with E-state index in [0.717, 1.165) is 0 Å². The van der Waals surface area contributed by atoms with Gasteiger partial charge in [-0.05, 0) is 42.8 Å². The highest BCUT2D eigenvalue weighted by molar-refractivity contribution is 7.93. The molecule has 6 nitrogen and oxygen atoms in total. The van der Waals surface area contributed by atoms with E-state index in [4.69, 9.17) is 0 Å². The van der Waals surface area contributed by atoms with Gasteiger partial charge < -0.3 is 5.32 Å². The van der Waals surface area contributed by atoms with Crippen LogP contribution in [-0.2, 0) is 10.0 Å². The number of sulfonamides is 1. The lowest BCUT2D eigenvalue weighted by Crippen LogP contribution is -2.24. The second-order valence-electron chi connectivity index (χ2n) is 4.98. The molecule has 1 aromatic heterocycles. The van der Waals surface area contributed by atoms with Gasteiger partial charge in [-0.15, -0.1) is 0 Å². The molecule has 3 rings (SSSR count). The zero-order chi connectivity index (χ0) is 15.6. The quantitative estimate of drug-likeness (QED) is 0.937. The standard InChI is InChI=1S/C15H15N3O3S/c19-15(12-6-8-16-9-7-12)17-13-2-4-14(5-3-13)18-10-1-11-22(18,20)21/h2-9H,1,10-11H2,(H,17,19). The van der Waals surface area contributed by atoms with E-state index in [1.807, 2.05) is 0 Å². The molecule has 22 heavy (non-hydrogen) atoms. The summed E-state index contributed by atoms with van der Waals surface area (Å²) in [5.41, 5.74) is 1.75. The zero-order valence-corrected chi connectivity index (χ0v) is 12.6. The van der Waals surface area contributed by atoms with E-state index in [-0.39, 0.29) is 11.7 Å². The number of nitrogens with one attached hydrogen (secondary N) is 1. The van der Waals surface area contributed by atoms with Gasteiger partial charge in [-0.25, -0.2) is 8.42 Å². The normalized spacial score (nSPS) is 16.5. The third-order valence-corrected chi connectivity index (χ3v) is 5.32. The van der Waals surface area contributed by atoms with Crippen LogP contribution >= 0.6 is 0 Å². The van der Waals surface area contributed by atoms with Crippen molar-refractivity contribution in [3.63, 3.8) is 0 Å². The molecule has 1 aliphatic rings. The highest BCUT2D eigenvalue weighted by Gasteiger charge is 2.28. The van der Waals surface area contributed by atoms with Crippen molar-refractivity contribution in [2.75, 3.05) is 21.9 Å². The molecule has 0 saturated carbocycles. The lowest BCUT2D eigenvalue weighted by molar-refractivity contribution is 0.102. The fourth-order valence-electron chi connectivity index (χ4n) is 2.35. The van der Waals surface area contributed by atoms with Gasteiger partial charge >= 0.3 is 0 Å². The van der Waals surface area contributed by atoms with E-state index in [9.17, 15) is 13.2 Å². The van der Waals surface area contributed by atoms with Crippen molar-refractivity contribution in [2.45, 2.75) is 6.42 Å². The Hall–Kier alpha value is -2.41. The van der Waals surface area contributed by atoms with E-state index < -0.39 is 10.0 Å². The van der Waals surface area contributed by atoms with Crippen molar-refractivity contribution in [1.82, 2.24) is 4.98 Å². The summed E-state index contributed by atoms with van der Waals surface area (Å²) in [4.78, 5) is 15.9. The van der Waals surface area contributed by atoms with E-state index in [0.29, 0.717) is 29.9 Å². The van der Waals surface area contributed by atoms with E-state index in [2.05, 4.69) is 10.3 Å². The van der Waals surface area contributed by atoms with Crippen LogP contribution in [0.2, 0.25) is 0 Å². The molecule has 2 aromatic rings. The fourth-order valence-corrected chi connectivity index (χ4v) is 3.91. The Morgan fingerprint density at radius 2 is 1.77 bits per heavy atom. The van der Waals surface area contributed by atoms with E-state index in [1.165, 1.54) is 4.31 Å². The average Bonchev–Trinajstić information content (AvgIpc) is 2.88. The van der Waals surface area contributed by atoms with Gasteiger partial charge in [-0.1, -0.05) is 0 Å². The van der Waals surface area contributed by atoms with Gasteiger partial charge in [0.05, 0.1) is 11.4 Å². The molecule has 1 fully saturated rings. The van der Waals surface area contributed by atoms with Gasteiger partial charge in [-0.3, -0.25) is 14.1 Å². The summed E-state index contributed by atoms with van der Waals surface area (Å²) in [5.74, 6) is -0.0444. The Balaban J connectivity index is 1.74. The van der Waals surface area contributed by atoms with Crippen molar-refractivity contribution in [3.05, 3.63) is 54.4 Å². The molecule has 0 bridgehead atoms. The smallest absolute Gasteiger partial charge is 0.255 e. The highest BCUT2D eigenvalue weighted by Crippen LogP contribution is 2.25. The Morgan fingerprint density at radius 3 is 2.36 bits per heavy atom. The van der Waals surface area contributed by atoms with Gasteiger partial charge in [0.25, 0.3) is 5.91 Å². The van der Waals surface area contributed by atoms with Crippen LogP contribution < -0.4 is 9.62 Å². The van der Waals surface area contributed by atoms with Gasteiger partial charge in [0, 0.05) is 30.2 Å². The molecule has 0 radical (unpaired) electrons. The Morgan fingerprint density at radius 1 is 1.09 bits per heavy atom. The molecule has 1 saturated heterocycles. The number of aromatic nitrogens is 1. The summed E-state index contributed by atoms with van der Waals surface area (Å²) in [7, 11) is -3.18. The topological polar surface area (TPSA) is 79.4 Å². The van der Waals surface area contributed by atoms with Crippen LogP contribution in [0.25, 0.3) is 0 Å². The lowest BCUT2D eigenvalue weighted by Gasteiger charge is -2.17. The third-order valence-electron chi connectivity index (χ3n) is 3.45. The van der Waals surface area contributed by atoms with Crippen LogP contribution in [0, 0.1) is 0 Å². The van der Waals surface area contributed by atoms with E-state index >= 15 is 0 Å². The van der Waals surface area contributed by atoms with Crippen LogP contribution in [0.5, 0.6) is 0 Å². The number of nitrogens with zero attached hydrogens (tertiary/aromatic N) is 2. The molecule has 1 aliphatic heterocycles. The molecule has 1 aromatic carbocycles. The molecule has 2 heterocycles. The van der Waals surface area contributed by atoms with Crippen LogP contribution in [0.4, 0.5) is 11.4 Å². The van der Waals surface area contributed by atoms with Gasteiger partial charge in [0.15, 0.2) is 0 Å². The second-order valence-corrected chi connectivity index (χ2v) is 6.99. The SMILES string of the molecule is O=C(Nc1ccc(N2CCCS2(=O)=O)cc1)c1ccncc1. The first-order valence-corrected chi connectivity index (χ1v) is 8.49. The summed E-state index contributed by atoms with van der Waals surface area (Å²) in [6, 6.07) is 10.0. The first kappa shape index (κ1) is 14.5. The molecule has 114 valence electrons. The predicted molar refractivity (Wildman–Crippen MR) is 84.4 cm³/mol. The summed E-state index contributed by atoms with van der Waals surface area (Å²) in [6.45, 7) is 0.505. The van der Waals surface area contributed by atoms with Crippen LogP contribution in [0.15, 0.2) is 48.8 Å². The molecular weight excluding hydrogens is 302 g/mol. The summed E-state index contributed by atoms with van der Waals surface area (Å²) in [6.07, 6.45) is 3.75. The number of anilines is 2. The largest absolute Gasteiger partial charge is 0.322 e. The number of hydrogen-bond donors (Lipinski definition) is 1. The predicted octanol–water partition coefficient (Wildman–Crippen LogP) is 1.87. The Kier molecular flexibility index (Phi) is 3.81. The Bertz CT molecular complexity index is 773. The zero-order valence-electron chi connectivity index (χ0n) is 11.8. The maximum Gasteiger partial charge on any atom is 0.255 e. The first-order chi connectivity index (χ1) is 10.6. The summed E-state index contributed by atoms with van der Waals surface area (Å²) >= 11 is 0.